The summed E-state index contributed by atoms with van der Waals surface area (Å²) in [6, 6.07) is 0. The van der Waals surface area contributed by atoms with Crippen LogP contribution >= 0.6 is 0 Å². The van der Waals surface area contributed by atoms with Crippen molar-refractivity contribution in [1.29, 1.82) is 5.41 Å². The molecule has 1 aliphatic heterocycles. The van der Waals surface area contributed by atoms with Crippen molar-refractivity contribution < 1.29 is 0 Å². The molecule has 0 atom stereocenters. The third-order valence-corrected chi connectivity index (χ3v) is 1.93. The Bertz CT molecular complexity index is 155. The van der Waals surface area contributed by atoms with Crippen molar-refractivity contribution >= 4 is 5.71 Å². The van der Waals surface area contributed by atoms with Crippen LogP contribution in [0.15, 0.2) is 12.3 Å². The number of nitrogens with zero attached hydrogens (tertiary/aromatic N) is 1. The van der Waals surface area contributed by atoms with Crippen molar-refractivity contribution in [3.8, 4) is 0 Å². The summed E-state index contributed by atoms with van der Waals surface area (Å²) in [5, 5.41) is 7.20. The van der Waals surface area contributed by atoms with Gasteiger partial charge in [0.15, 0.2) is 0 Å². The van der Waals surface area contributed by atoms with E-state index >= 15 is 0 Å². The van der Waals surface area contributed by atoms with E-state index in [4.69, 9.17) is 5.41 Å². The Morgan fingerprint density at radius 1 is 1.27 bits per heavy atom. The van der Waals surface area contributed by atoms with Crippen molar-refractivity contribution in [3.05, 3.63) is 12.3 Å². The lowest BCUT2D eigenvalue weighted by Crippen LogP contribution is -2.24. The lowest BCUT2D eigenvalue weighted by atomic mass is 10.1. The van der Waals surface area contributed by atoms with Crippen LogP contribution in [0.25, 0.3) is 0 Å². The normalized spacial score (nSPS) is 19.2. The van der Waals surface area contributed by atoms with Gasteiger partial charge in [0.05, 0.1) is 0 Å². The van der Waals surface area contributed by atoms with E-state index in [1.165, 1.54) is 32.4 Å². The highest BCUT2D eigenvalue weighted by molar-refractivity contribution is 5.89. The number of likely N-dealkylation sites (tertiary alicyclic amines) is 1. The van der Waals surface area contributed by atoms with Gasteiger partial charge in [-0.05, 0) is 32.3 Å². The molecule has 0 radical (unpaired) electrons. The molecule has 1 rings (SSSR count). The Labute approximate surface area is 68.4 Å². The highest BCUT2D eigenvalue weighted by Crippen LogP contribution is 2.08. The first-order valence-electron chi connectivity index (χ1n) is 4.26. The molecule has 11 heavy (non-hydrogen) atoms. The summed E-state index contributed by atoms with van der Waals surface area (Å²) in [5.74, 6) is 0. The number of nitrogens with one attached hydrogen (secondary N) is 1. The van der Waals surface area contributed by atoms with Gasteiger partial charge in [0.1, 0.15) is 0 Å². The zero-order chi connectivity index (χ0) is 8.10. The van der Waals surface area contributed by atoms with E-state index in [0.717, 1.165) is 0 Å². The third-order valence-electron chi connectivity index (χ3n) is 1.93. The lowest BCUT2D eigenvalue weighted by molar-refractivity contribution is 0.310. The summed E-state index contributed by atoms with van der Waals surface area (Å²) in [5.41, 5.74) is 0.635. The summed E-state index contributed by atoms with van der Waals surface area (Å²) in [6.45, 7) is 4.15. The molecule has 0 aliphatic carbocycles. The van der Waals surface area contributed by atoms with Crippen molar-refractivity contribution in [2.75, 3.05) is 13.1 Å². The quantitative estimate of drug-likeness (QED) is 0.602. The molecular weight excluding hydrogens is 136 g/mol. The minimum atomic E-state index is 0.635. The third kappa shape index (κ3) is 3.21. The molecule has 62 valence electrons. The van der Waals surface area contributed by atoms with Gasteiger partial charge in [-0.1, -0.05) is 0 Å². The maximum Gasteiger partial charge on any atom is 0.0297 e. The molecular formula is C9H16N2. The lowest BCUT2D eigenvalue weighted by Gasteiger charge is -2.24. The van der Waals surface area contributed by atoms with Gasteiger partial charge in [-0.25, -0.2) is 0 Å². The van der Waals surface area contributed by atoms with Crippen LogP contribution in [0.1, 0.15) is 26.2 Å². The maximum atomic E-state index is 7.20. The summed E-state index contributed by atoms with van der Waals surface area (Å²) in [4.78, 5) is 2.29. The van der Waals surface area contributed by atoms with Crippen LogP contribution in [-0.2, 0) is 0 Å². The Hall–Kier alpha value is -0.790. The van der Waals surface area contributed by atoms with Crippen LogP contribution in [0.2, 0.25) is 0 Å². The molecule has 1 heterocycles. The predicted octanol–water partition coefficient (Wildman–Crippen LogP) is 2.03. The molecule has 0 spiro atoms. The number of rotatable bonds is 2. The van der Waals surface area contributed by atoms with Gasteiger partial charge in [-0.3, -0.25) is 0 Å². The van der Waals surface area contributed by atoms with E-state index in [0.29, 0.717) is 5.71 Å². The van der Waals surface area contributed by atoms with Crippen LogP contribution in [0, 0.1) is 5.41 Å². The van der Waals surface area contributed by atoms with Gasteiger partial charge in [-0.2, -0.15) is 0 Å². The largest absolute Gasteiger partial charge is 0.377 e. The van der Waals surface area contributed by atoms with Gasteiger partial charge in [0.2, 0.25) is 0 Å². The first-order valence-corrected chi connectivity index (χ1v) is 4.26. The van der Waals surface area contributed by atoms with E-state index in [9.17, 15) is 0 Å². The second-order valence-corrected chi connectivity index (χ2v) is 3.10. The van der Waals surface area contributed by atoms with E-state index in [2.05, 4.69) is 4.90 Å². The topological polar surface area (TPSA) is 27.1 Å². The number of hydrogen-bond donors (Lipinski definition) is 1. The molecule has 0 saturated carbocycles. The SMILES string of the molecule is CC(=N)C=CN1CCCCC1. The highest BCUT2D eigenvalue weighted by atomic mass is 15.1. The Kier molecular flexibility index (Phi) is 3.14. The van der Waals surface area contributed by atoms with Gasteiger partial charge < -0.3 is 10.3 Å². The van der Waals surface area contributed by atoms with Gasteiger partial charge in [0, 0.05) is 25.0 Å². The van der Waals surface area contributed by atoms with Crippen molar-refractivity contribution in [2.45, 2.75) is 26.2 Å². The number of allylic oxidation sites excluding steroid dienone is 1. The average Bonchev–Trinajstić information content (AvgIpc) is 2.03. The Balaban J connectivity index is 2.29. The predicted molar refractivity (Wildman–Crippen MR) is 48.0 cm³/mol. The standard InChI is InChI=1S/C9H16N2/c1-9(10)5-8-11-6-3-2-4-7-11/h5,8,10H,2-4,6-7H2,1H3. The summed E-state index contributed by atoms with van der Waals surface area (Å²) in [7, 11) is 0. The average molecular weight is 152 g/mol. The van der Waals surface area contributed by atoms with Crippen LogP contribution < -0.4 is 0 Å². The second-order valence-electron chi connectivity index (χ2n) is 3.10. The van der Waals surface area contributed by atoms with Crippen LogP contribution in [0.3, 0.4) is 0 Å². The van der Waals surface area contributed by atoms with Crippen molar-refractivity contribution in [3.63, 3.8) is 0 Å². The van der Waals surface area contributed by atoms with E-state index in [-0.39, 0.29) is 0 Å². The Morgan fingerprint density at radius 3 is 2.45 bits per heavy atom. The first-order chi connectivity index (χ1) is 5.29. The maximum absolute atomic E-state index is 7.20. The second kappa shape index (κ2) is 4.16. The molecule has 0 aromatic carbocycles. The first kappa shape index (κ1) is 8.31. The zero-order valence-electron chi connectivity index (χ0n) is 7.14. The summed E-state index contributed by atoms with van der Waals surface area (Å²) >= 11 is 0. The fourth-order valence-corrected chi connectivity index (χ4v) is 1.28. The van der Waals surface area contributed by atoms with E-state index in [1.54, 1.807) is 6.92 Å². The summed E-state index contributed by atoms with van der Waals surface area (Å²) < 4.78 is 0. The number of piperidine rings is 1. The molecule has 0 amide bonds. The monoisotopic (exact) mass is 152 g/mol. The highest BCUT2D eigenvalue weighted by Gasteiger charge is 2.04. The minimum absolute atomic E-state index is 0.635. The molecule has 2 nitrogen and oxygen atoms in total. The molecule has 0 aromatic heterocycles. The van der Waals surface area contributed by atoms with Gasteiger partial charge >= 0.3 is 0 Å². The minimum Gasteiger partial charge on any atom is -0.377 e. The van der Waals surface area contributed by atoms with E-state index < -0.39 is 0 Å². The molecule has 0 bridgehead atoms. The van der Waals surface area contributed by atoms with Gasteiger partial charge in [-0.15, -0.1) is 0 Å². The van der Waals surface area contributed by atoms with Crippen LogP contribution in [0.4, 0.5) is 0 Å². The molecule has 0 unspecified atom stereocenters. The number of hydrogen-bond acceptors (Lipinski definition) is 2. The molecule has 1 N–H and O–H groups in total. The molecule has 1 saturated heterocycles. The molecule has 2 heteroatoms. The fourth-order valence-electron chi connectivity index (χ4n) is 1.28. The molecule has 1 fully saturated rings. The van der Waals surface area contributed by atoms with Crippen LogP contribution in [0.5, 0.6) is 0 Å². The molecule has 0 aromatic rings. The molecule has 1 aliphatic rings. The fraction of sp³-hybridized carbons (Fsp3) is 0.667. The zero-order valence-corrected chi connectivity index (χ0v) is 7.14. The van der Waals surface area contributed by atoms with Crippen LogP contribution in [-0.4, -0.2) is 23.7 Å². The van der Waals surface area contributed by atoms with Crippen molar-refractivity contribution in [1.82, 2.24) is 4.90 Å². The Morgan fingerprint density at radius 2 is 1.91 bits per heavy atom. The van der Waals surface area contributed by atoms with Gasteiger partial charge in [0.25, 0.3) is 0 Å². The smallest absolute Gasteiger partial charge is 0.0297 e. The summed E-state index contributed by atoms with van der Waals surface area (Å²) in [6.07, 6.45) is 7.89. The van der Waals surface area contributed by atoms with Crippen molar-refractivity contribution in [2.24, 2.45) is 0 Å². The van der Waals surface area contributed by atoms with E-state index in [1.807, 2.05) is 12.3 Å².